The summed E-state index contributed by atoms with van der Waals surface area (Å²) in [4.78, 5) is 0. The molecule has 0 radical (unpaired) electrons. The number of nitrogens with one attached hydrogen (secondary N) is 2. The van der Waals surface area contributed by atoms with Crippen LogP contribution >= 0.6 is 0 Å². The summed E-state index contributed by atoms with van der Waals surface area (Å²) in [5, 5.41) is 7.41. The van der Waals surface area contributed by atoms with Crippen LogP contribution in [-0.4, -0.2) is 25.2 Å². The van der Waals surface area contributed by atoms with Crippen molar-refractivity contribution in [2.45, 2.75) is 24.9 Å². The van der Waals surface area contributed by atoms with Crippen molar-refractivity contribution in [3.05, 3.63) is 0 Å². The van der Waals surface area contributed by atoms with E-state index in [0.29, 0.717) is 0 Å². The monoisotopic (exact) mass is 164 g/mol. The van der Waals surface area contributed by atoms with Crippen LogP contribution in [0.2, 0.25) is 0 Å². The third-order valence-electron chi connectivity index (χ3n) is 4.97. The lowest BCUT2D eigenvalue weighted by Crippen LogP contribution is -2.73. The van der Waals surface area contributed by atoms with E-state index in [1.165, 1.54) is 25.9 Å². The lowest BCUT2D eigenvalue weighted by atomic mass is 9.50. The number of piperidine rings is 4. The van der Waals surface area contributed by atoms with Crippen molar-refractivity contribution in [1.82, 2.24) is 10.6 Å². The van der Waals surface area contributed by atoms with E-state index in [4.69, 9.17) is 0 Å². The summed E-state index contributed by atoms with van der Waals surface area (Å²) in [6.07, 6.45) is 2.95. The Bertz CT molecular complexity index is 200. The molecule has 66 valence electrons. The van der Waals surface area contributed by atoms with Crippen LogP contribution in [0, 0.1) is 23.7 Å². The van der Waals surface area contributed by atoms with Gasteiger partial charge in [0.2, 0.25) is 0 Å². The second kappa shape index (κ2) is 1.88. The van der Waals surface area contributed by atoms with Crippen LogP contribution in [0.5, 0.6) is 0 Å². The zero-order valence-electron chi connectivity index (χ0n) is 7.29. The summed E-state index contributed by atoms with van der Waals surface area (Å²) in [6, 6.07) is 1.81. The normalized spacial score (nSPS) is 66.0. The maximum Gasteiger partial charge on any atom is 0.0103 e. The number of hydrogen-bond donors (Lipinski definition) is 2. The topological polar surface area (TPSA) is 24.1 Å². The van der Waals surface area contributed by atoms with Crippen LogP contribution < -0.4 is 10.6 Å². The van der Waals surface area contributed by atoms with Gasteiger partial charge in [-0.2, -0.15) is 0 Å². The Morgan fingerprint density at radius 2 is 1.17 bits per heavy atom. The average Bonchev–Trinajstić information content (AvgIpc) is 2.19. The molecule has 2 nitrogen and oxygen atoms in total. The Hall–Kier alpha value is -0.0800. The van der Waals surface area contributed by atoms with Crippen LogP contribution in [0.3, 0.4) is 0 Å². The molecule has 0 aromatic carbocycles. The van der Waals surface area contributed by atoms with Crippen LogP contribution in [0.4, 0.5) is 0 Å². The summed E-state index contributed by atoms with van der Waals surface area (Å²) in [7, 11) is 0. The molecule has 4 saturated heterocycles. The Morgan fingerprint density at radius 1 is 0.667 bits per heavy atom. The molecule has 0 spiro atoms. The van der Waals surface area contributed by atoms with Crippen molar-refractivity contribution >= 4 is 0 Å². The fourth-order valence-electron chi connectivity index (χ4n) is 4.50. The molecule has 7 fully saturated rings. The van der Waals surface area contributed by atoms with Gasteiger partial charge < -0.3 is 10.6 Å². The molecule has 0 amide bonds. The van der Waals surface area contributed by atoms with E-state index >= 15 is 0 Å². The molecule has 12 heavy (non-hydrogen) atoms. The molecular formula is C10H16N2. The first kappa shape index (κ1) is 6.39. The molecule has 2 N–H and O–H groups in total. The molecule has 6 unspecified atom stereocenters. The summed E-state index contributed by atoms with van der Waals surface area (Å²) in [5.74, 6) is 4.17. The smallest absolute Gasteiger partial charge is 0.0103 e. The van der Waals surface area contributed by atoms with Crippen molar-refractivity contribution in [2.75, 3.05) is 13.1 Å². The highest BCUT2D eigenvalue weighted by Gasteiger charge is 2.58. The highest BCUT2D eigenvalue weighted by atomic mass is 15.1. The second-order valence-corrected chi connectivity index (χ2v) is 5.16. The van der Waals surface area contributed by atoms with Crippen molar-refractivity contribution in [1.29, 1.82) is 0 Å². The molecular weight excluding hydrogens is 148 g/mol. The summed E-state index contributed by atoms with van der Waals surface area (Å²) in [6.45, 7) is 2.66. The molecule has 0 aromatic heterocycles. The van der Waals surface area contributed by atoms with Crippen molar-refractivity contribution in [3.8, 4) is 0 Å². The van der Waals surface area contributed by atoms with Gasteiger partial charge in [-0.1, -0.05) is 0 Å². The predicted octanol–water partition coefficient (Wildman–Crippen LogP) is 0.202. The molecule has 3 aliphatic carbocycles. The average molecular weight is 164 g/mol. The zero-order valence-corrected chi connectivity index (χ0v) is 7.29. The maximum atomic E-state index is 3.71. The Labute approximate surface area is 73.1 Å². The van der Waals surface area contributed by atoms with Gasteiger partial charge in [0, 0.05) is 12.1 Å². The van der Waals surface area contributed by atoms with E-state index in [1.54, 1.807) is 0 Å². The molecule has 4 heterocycles. The van der Waals surface area contributed by atoms with E-state index in [0.717, 1.165) is 35.8 Å². The van der Waals surface area contributed by atoms with E-state index in [1.807, 2.05) is 0 Å². The molecule has 3 saturated carbocycles. The molecule has 7 rings (SSSR count). The minimum Gasteiger partial charge on any atom is -0.313 e. The van der Waals surface area contributed by atoms with Crippen LogP contribution in [0.25, 0.3) is 0 Å². The molecule has 0 aromatic rings. The van der Waals surface area contributed by atoms with Crippen LogP contribution in [0.15, 0.2) is 0 Å². The van der Waals surface area contributed by atoms with Crippen molar-refractivity contribution in [2.24, 2.45) is 23.7 Å². The van der Waals surface area contributed by atoms with Gasteiger partial charge in [0.25, 0.3) is 0 Å². The van der Waals surface area contributed by atoms with Gasteiger partial charge in [-0.15, -0.1) is 0 Å². The van der Waals surface area contributed by atoms with Gasteiger partial charge in [-0.05, 0) is 49.6 Å². The van der Waals surface area contributed by atoms with Gasteiger partial charge in [-0.3, -0.25) is 0 Å². The van der Waals surface area contributed by atoms with Crippen LogP contribution in [-0.2, 0) is 0 Å². The molecule has 6 bridgehead atoms. The largest absolute Gasteiger partial charge is 0.313 e. The predicted molar refractivity (Wildman–Crippen MR) is 46.8 cm³/mol. The van der Waals surface area contributed by atoms with Gasteiger partial charge in [0.05, 0.1) is 0 Å². The van der Waals surface area contributed by atoms with Gasteiger partial charge >= 0.3 is 0 Å². The fourth-order valence-corrected chi connectivity index (χ4v) is 4.50. The SMILES string of the molecule is C1C2NCC3C1C1CC2C3CN1. The lowest BCUT2D eigenvalue weighted by Gasteiger charge is -2.64. The van der Waals surface area contributed by atoms with E-state index in [2.05, 4.69) is 10.6 Å². The van der Waals surface area contributed by atoms with Crippen LogP contribution in [0.1, 0.15) is 12.8 Å². The minimum atomic E-state index is 0.906. The molecule has 2 heteroatoms. The van der Waals surface area contributed by atoms with E-state index < -0.39 is 0 Å². The summed E-state index contributed by atoms with van der Waals surface area (Å²) >= 11 is 0. The van der Waals surface area contributed by atoms with Gasteiger partial charge in [-0.25, -0.2) is 0 Å². The summed E-state index contributed by atoms with van der Waals surface area (Å²) in [5.41, 5.74) is 0. The lowest BCUT2D eigenvalue weighted by molar-refractivity contribution is -0.100. The minimum absolute atomic E-state index is 0.906. The van der Waals surface area contributed by atoms with Gasteiger partial charge in [0.1, 0.15) is 0 Å². The number of hydrogen-bond acceptors (Lipinski definition) is 2. The highest BCUT2D eigenvalue weighted by molar-refractivity contribution is 5.13. The molecule has 4 aliphatic heterocycles. The van der Waals surface area contributed by atoms with Gasteiger partial charge in [0.15, 0.2) is 0 Å². The highest BCUT2D eigenvalue weighted by Crippen LogP contribution is 2.53. The third kappa shape index (κ3) is 0.549. The Morgan fingerprint density at radius 3 is 1.58 bits per heavy atom. The third-order valence-corrected chi connectivity index (χ3v) is 4.97. The quantitative estimate of drug-likeness (QED) is 0.534. The Balaban J connectivity index is 1.83. The van der Waals surface area contributed by atoms with Crippen molar-refractivity contribution in [3.63, 3.8) is 0 Å². The molecule has 6 atom stereocenters. The standard InChI is InChI=1S/C10H16N2/c1-5-7-3-11-9(1)6-2-10(5)12-4-8(6)7/h5-12H,1-4H2. The number of fused-ring (bicyclic) bond motifs is 2. The van der Waals surface area contributed by atoms with E-state index in [9.17, 15) is 0 Å². The summed E-state index contributed by atoms with van der Waals surface area (Å²) < 4.78 is 0. The first-order chi connectivity index (χ1) is 5.93. The fraction of sp³-hybridized carbons (Fsp3) is 1.00. The Kier molecular flexibility index (Phi) is 0.999. The zero-order chi connectivity index (χ0) is 7.71. The first-order valence-electron chi connectivity index (χ1n) is 5.40. The maximum absolute atomic E-state index is 3.71. The number of rotatable bonds is 0. The molecule has 7 aliphatic rings. The van der Waals surface area contributed by atoms with Crippen molar-refractivity contribution < 1.29 is 0 Å². The second-order valence-electron chi connectivity index (χ2n) is 5.16. The van der Waals surface area contributed by atoms with E-state index in [-0.39, 0.29) is 0 Å². The first-order valence-corrected chi connectivity index (χ1v) is 5.40.